The number of ether oxygens (including phenoxy) is 3. The van der Waals surface area contributed by atoms with Crippen LogP contribution in [0.4, 0.5) is 0 Å². The van der Waals surface area contributed by atoms with Crippen molar-refractivity contribution in [3.63, 3.8) is 0 Å². The van der Waals surface area contributed by atoms with Crippen molar-refractivity contribution in [1.29, 1.82) is 0 Å². The molecular weight excluding hydrogens is 366 g/mol. The van der Waals surface area contributed by atoms with Crippen molar-refractivity contribution in [2.45, 2.75) is 19.2 Å². The Morgan fingerprint density at radius 1 is 1.18 bits per heavy atom. The Morgan fingerprint density at radius 3 is 2.57 bits per heavy atom. The molecule has 0 radical (unpaired) electrons. The largest absolute Gasteiger partial charge is 0.496 e. The molecule has 9 heteroatoms. The average Bonchev–Trinajstić information content (AvgIpc) is 2.71. The van der Waals surface area contributed by atoms with Gasteiger partial charge in [0.25, 0.3) is 11.5 Å². The zero-order valence-corrected chi connectivity index (χ0v) is 16.0. The number of hydrogen-bond donors (Lipinski definition) is 1. The van der Waals surface area contributed by atoms with E-state index in [-0.39, 0.29) is 36.8 Å². The third-order valence-corrected chi connectivity index (χ3v) is 4.67. The van der Waals surface area contributed by atoms with E-state index in [0.717, 1.165) is 0 Å². The lowest BCUT2D eigenvalue weighted by atomic mass is 9.95. The standard InChI is InChI=1S/C19H23N3O6/c1-26-9-8-22-17(24)7-4-13(20-22)19(25)21-10-12-15(27-2)5-6-16(28-3)18(12)14(23)11-21/h4-7,14,23H,8-11H2,1-3H3/t14-/m1/s1. The van der Waals surface area contributed by atoms with Gasteiger partial charge >= 0.3 is 0 Å². The number of methoxy groups -OCH3 is 3. The van der Waals surface area contributed by atoms with Crippen molar-refractivity contribution in [1.82, 2.24) is 14.7 Å². The molecule has 1 aliphatic heterocycles. The highest BCUT2D eigenvalue weighted by Crippen LogP contribution is 2.39. The van der Waals surface area contributed by atoms with Crippen molar-refractivity contribution >= 4 is 5.91 Å². The Balaban J connectivity index is 1.92. The number of aliphatic hydroxyl groups is 1. The molecule has 0 bridgehead atoms. The highest BCUT2D eigenvalue weighted by molar-refractivity contribution is 5.92. The maximum Gasteiger partial charge on any atom is 0.274 e. The van der Waals surface area contributed by atoms with Crippen LogP contribution in [-0.4, -0.2) is 60.2 Å². The van der Waals surface area contributed by atoms with E-state index < -0.39 is 6.10 Å². The summed E-state index contributed by atoms with van der Waals surface area (Å²) in [6, 6.07) is 6.15. The predicted octanol–water partition coefficient (Wildman–Crippen LogP) is 0.596. The molecular formula is C19H23N3O6. The molecule has 0 spiro atoms. The molecule has 3 rings (SSSR count). The molecule has 0 saturated carbocycles. The third-order valence-electron chi connectivity index (χ3n) is 4.67. The molecule has 2 heterocycles. The zero-order valence-electron chi connectivity index (χ0n) is 16.0. The highest BCUT2D eigenvalue weighted by atomic mass is 16.5. The van der Waals surface area contributed by atoms with E-state index in [2.05, 4.69) is 5.10 Å². The van der Waals surface area contributed by atoms with Gasteiger partial charge in [-0.2, -0.15) is 5.10 Å². The van der Waals surface area contributed by atoms with E-state index in [4.69, 9.17) is 14.2 Å². The van der Waals surface area contributed by atoms with E-state index in [1.807, 2.05) is 0 Å². The van der Waals surface area contributed by atoms with Gasteiger partial charge in [0.15, 0.2) is 0 Å². The fraction of sp³-hybridized carbons (Fsp3) is 0.421. The number of aromatic nitrogens is 2. The third kappa shape index (κ3) is 3.71. The lowest BCUT2D eigenvalue weighted by molar-refractivity contribution is 0.0530. The van der Waals surface area contributed by atoms with Gasteiger partial charge in [-0.25, -0.2) is 4.68 Å². The number of carbonyl (C=O) groups excluding carboxylic acids is 1. The normalized spacial score (nSPS) is 15.9. The number of hydrogen-bond acceptors (Lipinski definition) is 7. The number of aliphatic hydroxyl groups excluding tert-OH is 1. The Bertz CT molecular complexity index is 926. The van der Waals surface area contributed by atoms with Crippen LogP contribution in [0, 0.1) is 0 Å². The number of nitrogens with zero attached hydrogens (tertiary/aromatic N) is 3. The fourth-order valence-corrected chi connectivity index (χ4v) is 3.29. The Morgan fingerprint density at radius 2 is 1.89 bits per heavy atom. The second-order valence-corrected chi connectivity index (χ2v) is 6.34. The van der Waals surface area contributed by atoms with Crippen LogP contribution >= 0.6 is 0 Å². The van der Waals surface area contributed by atoms with Crippen molar-refractivity contribution in [2.75, 3.05) is 34.5 Å². The molecule has 1 aliphatic rings. The summed E-state index contributed by atoms with van der Waals surface area (Å²) in [5, 5.41) is 14.8. The minimum Gasteiger partial charge on any atom is -0.496 e. The molecule has 1 atom stereocenters. The molecule has 0 fully saturated rings. The summed E-state index contributed by atoms with van der Waals surface area (Å²) >= 11 is 0. The van der Waals surface area contributed by atoms with Crippen molar-refractivity contribution in [3.8, 4) is 11.5 Å². The number of rotatable bonds is 6. The Kier molecular flexibility index (Phi) is 5.96. The molecule has 0 saturated heterocycles. The average molecular weight is 389 g/mol. The number of benzene rings is 1. The maximum atomic E-state index is 13.0. The highest BCUT2D eigenvalue weighted by Gasteiger charge is 2.32. The summed E-state index contributed by atoms with van der Waals surface area (Å²) in [7, 11) is 4.58. The molecule has 0 unspecified atom stereocenters. The van der Waals surface area contributed by atoms with E-state index in [0.29, 0.717) is 29.2 Å². The molecule has 9 nitrogen and oxygen atoms in total. The lowest BCUT2D eigenvalue weighted by Crippen LogP contribution is -2.40. The molecule has 1 amide bonds. The van der Waals surface area contributed by atoms with Gasteiger partial charge in [-0.15, -0.1) is 0 Å². The second kappa shape index (κ2) is 8.41. The van der Waals surface area contributed by atoms with Crippen molar-refractivity contribution in [3.05, 3.63) is 51.4 Å². The Hall–Kier alpha value is -2.91. The number of amides is 1. The summed E-state index contributed by atoms with van der Waals surface area (Å²) in [6.45, 7) is 0.850. The van der Waals surface area contributed by atoms with Crippen LogP contribution in [0.3, 0.4) is 0 Å². The van der Waals surface area contributed by atoms with Gasteiger partial charge in [0, 0.05) is 24.3 Å². The number of β-amino-alcohol motifs (C(OH)–C–C–N with tert-alkyl or cyclic N) is 1. The minimum atomic E-state index is -0.933. The predicted molar refractivity (Wildman–Crippen MR) is 99.6 cm³/mol. The fourth-order valence-electron chi connectivity index (χ4n) is 3.29. The van der Waals surface area contributed by atoms with Gasteiger partial charge in [-0.1, -0.05) is 0 Å². The first-order valence-corrected chi connectivity index (χ1v) is 8.78. The van der Waals surface area contributed by atoms with E-state index >= 15 is 0 Å². The van der Waals surface area contributed by atoms with E-state index in [9.17, 15) is 14.7 Å². The number of fused-ring (bicyclic) bond motifs is 1. The molecule has 1 N–H and O–H groups in total. The van der Waals surface area contributed by atoms with Crippen molar-refractivity contribution in [2.24, 2.45) is 0 Å². The molecule has 1 aromatic heterocycles. The summed E-state index contributed by atoms with van der Waals surface area (Å²) in [5.41, 5.74) is 1.10. The SMILES string of the molecule is COCCn1nc(C(=O)N2Cc3c(OC)ccc(OC)c3[C@H](O)C2)ccc1=O. The topological polar surface area (TPSA) is 103 Å². The van der Waals surface area contributed by atoms with Gasteiger partial charge < -0.3 is 24.2 Å². The Labute approximate surface area is 162 Å². The molecule has 150 valence electrons. The summed E-state index contributed by atoms with van der Waals surface area (Å²) in [5.74, 6) is 0.716. The minimum absolute atomic E-state index is 0.0776. The first kappa shape index (κ1) is 19.8. The molecule has 2 aromatic rings. The maximum absolute atomic E-state index is 13.0. The summed E-state index contributed by atoms with van der Waals surface area (Å²) in [4.78, 5) is 26.4. The van der Waals surface area contributed by atoms with Gasteiger partial charge in [0.05, 0.1) is 40.5 Å². The lowest BCUT2D eigenvalue weighted by Gasteiger charge is -2.33. The van der Waals surface area contributed by atoms with Crippen molar-refractivity contribution < 1.29 is 24.1 Å². The second-order valence-electron chi connectivity index (χ2n) is 6.34. The number of carbonyl (C=O) groups is 1. The zero-order chi connectivity index (χ0) is 20.3. The van der Waals surface area contributed by atoms with E-state index in [1.165, 1.54) is 43.0 Å². The van der Waals surface area contributed by atoms with Crippen LogP contribution in [0.1, 0.15) is 27.7 Å². The van der Waals surface area contributed by atoms with Gasteiger partial charge in [-0.3, -0.25) is 9.59 Å². The van der Waals surface area contributed by atoms with Crippen LogP contribution in [0.5, 0.6) is 11.5 Å². The monoisotopic (exact) mass is 389 g/mol. The van der Waals surface area contributed by atoms with Crippen LogP contribution < -0.4 is 15.0 Å². The summed E-state index contributed by atoms with van der Waals surface area (Å²) < 4.78 is 16.9. The summed E-state index contributed by atoms with van der Waals surface area (Å²) in [6.07, 6.45) is -0.933. The van der Waals surface area contributed by atoms with Crippen LogP contribution in [0.15, 0.2) is 29.1 Å². The quantitative estimate of drug-likeness (QED) is 0.771. The van der Waals surface area contributed by atoms with Gasteiger partial charge in [0.2, 0.25) is 0 Å². The van der Waals surface area contributed by atoms with Gasteiger partial charge in [0.1, 0.15) is 23.3 Å². The van der Waals surface area contributed by atoms with E-state index in [1.54, 1.807) is 12.1 Å². The van der Waals surface area contributed by atoms with Crippen LogP contribution in [0.25, 0.3) is 0 Å². The van der Waals surface area contributed by atoms with Gasteiger partial charge in [-0.05, 0) is 18.2 Å². The molecule has 28 heavy (non-hydrogen) atoms. The first-order chi connectivity index (χ1) is 13.5. The van der Waals surface area contributed by atoms with Crippen LogP contribution in [0.2, 0.25) is 0 Å². The van der Waals surface area contributed by atoms with Crippen LogP contribution in [-0.2, 0) is 17.8 Å². The smallest absolute Gasteiger partial charge is 0.274 e. The molecule has 0 aliphatic carbocycles. The first-order valence-electron chi connectivity index (χ1n) is 8.78. The molecule has 1 aromatic carbocycles.